The fraction of sp³-hybridized carbons (Fsp3) is 0.0526. The molecule has 1 heterocycles. The van der Waals surface area contributed by atoms with Crippen LogP contribution in [0.15, 0.2) is 77.2 Å². The molecule has 3 aromatic rings. The third-order valence-electron chi connectivity index (χ3n) is 3.48. The lowest BCUT2D eigenvalue weighted by molar-refractivity contribution is 0.0959. The van der Waals surface area contributed by atoms with Crippen molar-refractivity contribution in [1.29, 1.82) is 0 Å². The average molecular weight is 320 g/mol. The van der Waals surface area contributed by atoms with Crippen LogP contribution in [0.5, 0.6) is 0 Å². The largest absolute Gasteiger partial charge is 0.281 e. The van der Waals surface area contributed by atoms with Crippen LogP contribution in [0.1, 0.15) is 22.2 Å². The van der Waals surface area contributed by atoms with Crippen molar-refractivity contribution in [2.24, 2.45) is 5.10 Å². The smallest absolute Gasteiger partial charge is 0.266 e. The van der Waals surface area contributed by atoms with Gasteiger partial charge in [-0.1, -0.05) is 60.7 Å². The van der Waals surface area contributed by atoms with Crippen molar-refractivity contribution in [3.8, 4) is 11.1 Å². The normalized spacial score (nSPS) is 11.3. The maximum atomic E-state index is 11.9. The summed E-state index contributed by atoms with van der Waals surface area (Å²) < 4.78 is 0. The Bertz CT molecular complexity index is 806. The summed E-state index contributed by atoms with van der Waals surface area (Å²) in [6, 6.07) is 22.0. The van der Waals surface area contributed by atoms with Crippen LogP contribution in [-0.4, -0.2) is 11.6 Å². The van der Waals surface area contributed by atoms with Crippen molar-refractivity contribution >= 4 is 23.0 Å². The van der Waals surface area contributed by atoms with Crippen LogP contribution < -0.4 is 5.43 Å². The lowest BCUT2D eigenvalue weighted by Crippen LogP contribution is -2.18. The summed E-state index contributed by atoms with van der Waals surface area (Å²) in [6.45, 7) is 1.88. The van der Waals surface area contributed by atoms with Crippen molar-refractivity contribution in [2.75, 3.05) is 0 Å². The maximum absolute atomic E-state index is 11.9. The van der Waals surface area contributed by atoms with Crippen LogP contribution in [0.4, 0.5) is 0 Å². The molecule has 2 aromatic carbocycles. The lowest BCUT2D eigenvalue weighted by atomic mass is 10.0. The zero-order valence-electron chi connectivity index (χ0n) is 12.7. The number of hydrogen-bond donors (Lipinski definition) is 1. The molecule has 0 bridgehead atoms. The van der Waals surface area contributed by atoms with E-state index in [1.165, 1.54) is 16.9 Å². The van der Waals surface area contributed by atoms with Gasteiger partial charge in [-0.25, -0.2) is 5.43 Å². The number of carbonyl (C=O) groups is 1. The molecule has 4 heteroatoms. The van der Waals surface area contributed by atoms with E-state index in [-0.39, 0.29) is 5.91 Å². The van der Waals surface area contributed by atoms with Crippen LogP contribution >= 0.6 is 11.3 Å². The highest BCUT2D eigenvalue weighted by molar-refractivity contribution is 7.12. The average Bonchev–Trinajstić information content (AvgIpc) is 3.15. The summed E-state index contributed by atoms with van der Waals surface area (Å²) in [4.78, 5) is 12.5. The maximum Gasteiger partial charge on any atom is 0.281 e. The second-order valence-electron chi connectivity index (χ2n) is 5.06. The van der Waals surface area contributed by atoms with Gasteiger partial charge in [0, 0.05) is 0 Å². The molecule has 3 rings (SSSR count). The first kappa shape index (κ1) is 15.2. The molecule has 3 nitrogen and oxygen atoms in total. The molecule has 0 aliphatic heterocycles. The van der Waals surface area contributed by atoms with E-state index in [1.54, 1.807) is 6.07 Å². The molecule has 0 aliphatic carbocycles. The van der Waals surface area contributed by atoms with Gasteiger partial charge < -0.3 is 0 Å². The van der Waals surface area contributed by atoms with Crippen LogP contribution in [0.3, 0.4) is 0 Å². The van der Waals surface area contributed by atoms with Gasteiger partial charge in [0.2, 0.25) is 0 Å². The molecule has 1 aromatic heterocycles. The molecule has 0 saturated carbocycles. The Balaban J connectivity index is 1.71. The fourth-order valence-electron chi connectivity index (χ4n) is 2.20. The number of hydrazone groups is 1. The molecule has 23 heavy (non-hydrogen) atoms. The Morgan fingerprint density at radius 2 is 1.61 bits per heavy atom. The Morgan fingerprint density at radius 1 is 0.913 bits per heavy atom. The van der Waals surface area contributed by atoms with Gasteiger partial charge in [-0.15, -0.1) is 11.3 Å². The summed E-state index contributed by atoms with van der Waals surface area (Å²) in [5.74, 6) is -0.180. The molecule has 0 fully saturated rings. The predicted molar refractivity (Wildman–Crippen MR) is 95.9 cm³/mol. The van der Waals surface area contributed by atoms with Crippen molar-refractivity contribution in [3.05, 3.63) is 82.6 Å². The van der Waals surface area contributed by atoms with E-state index < -0.39 is 0 Å². The molecule has 114 valence electrons. The van der Waals surface area contributed by atoms with E-state index in [0.29, 0.717) is 4.88 Å². The number of benzene rings is 2. The Kier molecular flexibility index (Phi) is 4.64. The van der Waals surface area contributed by atoms with E-state index in [1.807, 2.05) is 48.7 Å². The van der Waals surface area contributed by atoms with Gasteiger partial charge in [0.15, 0.2) is 0 Å². The predicted octanol–water partition coefficient (Wildman–Crippen LogP) is 4.57. The Labute approximate surface area is 139 Å². The summed E-state index contributed by atoms with van der Waals surface area (Å²) in [5.41, 5.74) is 6.68. The Morgan fingerprint density at radius 3 is 2.26 bits per heavy atom. The molecule has 0 radical (unpaired) electrons. The molecular weight excluding hydrogens is 304 g/mol. The first-order valence-corrected chi connectivity index (χ1v) is 8.16. The molecule has 1 N–H and O–H groups in total. The zero-order valence-corrected chi connectivity index (χ0v) is 13.5. The number of nitrogens with one attached hydrogen (secondary N) is 1. The summed E-state index contributed by atoms with van der Waals surface area (Å²) in [6.07, 6.45) is 0. The highest BCUT2D eigenvalue weighted by Gasteiger charge is 2.05. The van der Waals surface area contributed by atoms with Crippen LogP contribution in [0.25, 0.3) is 11.1 Å². The van der Waals surface area contributed by atoms with Gasteiger partial charge in [-0.2, -0.15) is 5.10 Å². The third kappa shape index (κ3) is 3.73. The second kappa shape index (κ2) is 7.03. The molecule has 0 aliphatic rings. The van der Waals surface area contributed by atoms with Gasteiger partial charge >= 0.3 is 0 Å². The number of rotatable bonds is 4. The SMILES string of the molecule is C/C(=N/NC(=O)c1cccs1)c1ccc(-c2ccccc2)cc1. The number of carbonyl (C=O) groups excluding carboxylic acids is 1. The minimum Gasteiger partial charge on any atom is -0.266 e. The quantitative estimate of drug-likeness (QED) is 0.555. The zero-order chi connectivity index (χ0) is 16.1. The second-order valence-corrected chi connectivity index (χ2v) is 6.01. The van der Waals surface area contributed by atoms with Crippen LogP contribution in [0.2, 0.25) is 0 Å². The third-order valence-corrected chi connectivity index (χ3v) is 4.35. The van der Waals surface area contributed by atoms with Crippen molar-refractivity contribution < 1.29 is 4.79 Å². The number of thiophene rings is 1. The minimum absolute atomic E-state index is 0.180. The molecule has 0 spiro atoms. The standard InChI is InChI=1S/C19H16N2OS/c1-14(20-21-19(22)18-8-5-13-23-18)15-9-11-17(12-10-15)16-6-3-2-4-7-16/h2-13H,1H3,(H,21,22)/b20-14-. The monoisotopic (exact) mass is 320 g/mol. The van der Waals surface area contributed by atoms with Gasteiger partial charge in [-0.05, 0) is 35.1 Å². The highest BCUT2D eigenvalue weighted by atomic mass is 32.1. The van der Waals surface area contributed by atoms with Gasteiger partial charge in [0.05, 0.1) is 10.6 Å². The van der Waals surface area contributed by atoms with Crippen LogP contribution in [0, 0.1) is 0 Å². The molecule has 0 atom stereocenters. The van der Waals surface area contributed by atoms with Crippen molar-refractivity contribution in [1.82, 2.24) is 5.43 Å². The first-order valence-electron chi connectivity index (χ1n) is 7.28. The summed E-state index contributed by atoms with van der Waals surface area (Å²) in [7, 11) is 0. The molecule has 0 unspecified atom stereocenters. The molecule has 1 amide bonds. The van der Waals surface area contributed by atoms with Crippen molar-refractivity contribution in [3.63, 3.8) is 0 Å². The minimum atomic E-state index is -0.180. The van der Waals surface area contributed by atoms with E-state index in [0.717, 1.165) is 16.8 Å². The fourth-order valence-corrected chi connectivity index (χ4v) is 2.81. The molecule has 0 saturated heterocycles. The van der Waals surface area contributed by atoms with E-state index in [2.05, 4.69) is 34.8 Å². The van der Waals surface area contributed by atoms with E-state index >= 15 is 0 Å². The Hall–Kier alpha value is -2.72. The topological polar surface area (TPSA) is 41.5 Å². The van der Waals surface area contributed by atoms with Gasteiger partial charge in [0.1, 0.15) is 0 Å². The number of amides is 1. The first-order chi connectivity index (χ1) is 11.2. The van der Waals surface area contributed by atoms with Gasteiger partial charge in [0.25, 0.3) is 5.91 Å². The summed E-state index contributed by atoms with van der Waals surface area (Å²) >= 11 is 1.40. The van der Waals surface area contributed by atoms with Gasteiger partial charge in [-0.3, -0.25) is 4.79 Å². The van der Waals surface area contributed by atoms with E-state index in [9.17, 15) is 4.79 Å². The highest BCUT2D eigenvalue weighted by Crippen LogP contribution is 2.19. The number of hydrogen-bond acceptors (Lipinski definition) is 3. The van der Waals surface area contributed by atoms with E-state index in [4.69, 9.17) is 0 Å². The molecular formula is C19H16N2OS. The van der Waals surface area contributed by atoms with Crippen molar-refractivity contribution in [2.45, 2.75) is 6.92 Å². The summed E-state index contributed by atoms with van der Waals surface area (Å²) in [5, 5.41) is 6.05. The lowest BCUT2D eigenvalue weighted by Gasteiger charge is -2.05. The number of nitrogens with zero attached hydrogens (tertiary/aromatic N) is 1. The van der Waals surface area contributed by atoms with Crippen LogP contribution in [-0.2, 0) is 0 Å².